The number of amides is 1. The molecule has 0 fully saturated rings. The first-order chi connectivity index (χ1) is 8.02. The zero-order chi connectivity index (χ0) is 12.8. The minimum atomic E-state index is -0.356. The van der Waals surface area contributed by atoms with E-state index >= 15 is 0 Å². The summed E-state index contributed by atoms with van der Waals surface area (Å²) in [4.78, 5) is 22.8. The fraction of sp³-hybridized carbons (Fsp3) is 0.333. The van der Waals surface area contributed by atoms with Crippen LogP contribution in [0.2, 0.25) is 0 Å². The summed E-state index contributed by atoms with van der Waals surface area (Å²) in [5, 5.41) is 2.69. The van der Waals surface area contributed by atoms with E-state index in [2.05, 4.69) is 10.1 Å². The molecule has 0 radical (unpaired) electrons. The third kappa shape index (κ3) is 4.14. The van der Waals surface area contributed by atoms with Crippen molar-refractivity contribution in [2.24, 2.45) is 0 Å². The first-order valence-corrected chi connectivity index (χ1v) is 5.26. The number of esters is 1. The molecular formula is C12H16N2O3. The molecule has 1 rings (SSSR count). The van der Waals surface area contributed by atoms with Gasteiger partial charge in [0.05, 0.1) is 13.5 Å². The molecule has 1 aromatic carbocycles. The molecule has 3 N–H and O–H groups in total. The Morgan fingerprint density at radius 2 is 2.18 bits per heavy atom. The SMILES string of the molecule is COC(=O)CC(C)NC(=O)c1cccc(N)c1. The molecule has 1 atom stereocenters. The van der Waals surface area contributed by atoms with Crippen molar-refractivity contribution in [1.29, 1.82) is 0 Å². The Labute approximate surface area is 99.9 Å². The molecule has 17 heavy (non-hydrogen) atoms. The molecule has 1 unspecified atom stereocenters. The molecule has 92 valence electrons. The molecule has 0 saturated carbocycles. The maximum absolute atomic E-state index is 11.8. The van der Waals surface area contributed by atoms with Crippen molar-refractivity contribution in [3.8, 4) is 0 Å². The summed E-state index contributed by atoms with van der Waals surface area (Å²) in [6.07, 6.45) is 0.143. The van der Waals surface area contributed by atoms with E-state index in [1.54, 1.807) is 31.2 Å². The molecule has 5 heteroatoms. The molecule has 0 heterocycles. The number of rotatable bonds is 4. The predicted octanol–water partition coefficient (Wildman–Crippen LogP) is 0.950. The minimum Gasteiger partial charge on any atom is -0.469 e. The van der Waals surface area contributed by atoms with E-state index in [9.17, 15) is 9.59 Å². The number of carbonyl (C=O) groups excluding carboxylic acids is 2. The van der Waals surface area contributed by atoms with E-state index in [4.69, 9.17) is 5.73 Å². The summed E-state index contributed by atoms with van der Waals surface area (Å²) in [6.45, 7) is 1.74. The topological polar surface area (TPSA) is 81.4 Å². The zero-order valence-corrected chi connectivity index (χ0v) is 9.90. The lowest BCUT2D eigenvalue weighted by Gasteiger charge is -2.12. The van der Waals surface area contributed by atoms with Crippen molar-refractivity contribution in [3.63, 3.8) is 0 Å². The second-order valence-electron chi connectivity index (χ2n) is 3.78. The number of carbonyl (C=O) groups is 2. The van der Waals surface area contributed by atoms with Gasteiger partial charge in [0.25, 0.3) is 5.91 Å². The van der Waals surface area contributed by atoms with Gasteiger partial charge in [0.2, 0.25) is 0 Å². The maximum atomic E-state index is 11.8. The number of ether oxygens (including phenoxy) is 1. The van der Waals surface area contributed by atoms with Crippen LogP contribution in [0.5, 0.6) is 0 Å². The summed E-state index contributed by atoms with van der Waals surface area (Å²) >= 11 is 0. The number of hydrogen-bond donors (Lipinski definition) is 2. The van der Waals surface area contributed by atoms with E-state index in [1.165, 1.54) is 7.11 Å². The van der Waals surface area contributed by atoms with Crippen LogP contribution in [-0.4, -0.2) is 25.0 Å². The number of nitrogens with two attached hydrogens (primary N) is 1. The first kappa shape index (κ1) is 13.0. The van der Waals surface area contributed by atoms with E-state index in [0.717, 1.165) is 0 Å². The van der Waals surface area contributed by atoms with Crippen molar-refractivity contribution in [2.45, 2.75) is 19.4 Å². The Kier molecular flexibility index (Phi) is 4.51. The largest absolute Gasteiger partial charge is 0.469 e. The Bertz CT molecular complexity index is 418. The van der Waals surface area contributed by atoms with Crippen LogP contribution in [0.4, 0.5) is 5.69 Å². The molecule has 0 aliphatic heterocycles. The second-order valence-corrected chi connectivity index (χ2v) is 3.78. The van der Waals surface area contributed by atoms with E-state index in [-0.39, 0.29) is 24.3 Å². The summed E-state index contributed by atoms with van der Waals surface area (Å²) in [5.41, 5.74) is 6.58. The van der Waals surface area contributed by atoms with Gasteiger partial charge >= 0.3 is 5.97 Å². The van der Waals surface area contributed by atoms with Crippen LogP contribution >= 0.6 is 0 Å². The van der Waals surface area contributed by atoms with Gasteiger partial charge in [0, 0.05) is 17.3 Å². The van der Waals surface area contributed by atoms with E-state index in [0.29, 0.717) is 11.3 Å². The maximum Gasteiger partial charge on any atom is 0.307 e. The fourth-order valence-corrected chi connectivity index (χ4v) is 1.37. The highest BCUT2D eigenvalue weighted by Crippen LogP contribution is 2.07. The Hall–Kier alpha value is -2.04. The third-order valence-electron chi connectivity index (χ3n) is 2.23. The van der Waals surface area contributed by atoms with Crippen LogP contribution in [0.3, 0.4) is 0 Å². The summed E-state index contributed by atoms with van der Waals surface area (Å²) in [7, 11) is 1.31. The van der Waals surface area contributed by atoms with E-state index in [1.807, 2.05) is 0 Å². The lowest BCUT2D eigenvalue weighted by atomic mass is 10.1. The van der Waals surface area contributed by atoms with Gasteiger partial charge in [-0.3, -0.25) is 9.59 Å². The normalized spacial score (nSPS) is 11.6. The fourth-order valence-electron chi connectivity index (χ4n) is 1.37. The Morgan fingerprint density at radius 3 is 2.76 bits per heavy atom. The van der Waals surface area contributed by atoms with Gasteiger partial charge in [-0.1, -0.05) is 6.07 Å². The van der Waals surface area contributed by atoms with Crippen LogP contribution in [-0.2, 0) is 9.53 Å². The molecule has 1 aromatic rings. The lowest BCUT2D eigenvalue weighted by molar-refractivity contribution is -0.141. The standard InChI is InChI=1S/C12H16N2O3/c1-8(6-11(15)17-2)14-12(16)9-4-3-5-10(13)7-9/h3-5,7-8H,6,13H2,1-2H3,(H,14,16). The molecule has 0 aliphatic rings. The second kappa shape index (κ2) is 5.89. The van der Waals surface area contributed by atoms with Crippen LogP contribution in [0.25, 0.3) is 0 Å². The highest BCUT2D eigenvalue weighted by molar-refractivity contribution is 5.95. The third-order valence-corrected chi connectivity index (χ3v) is 2.23. The van der Waals surface area contributed by atoms with Crippen molar-refractivity contribution >= 4 is 17.6 Å². The molecule has 0 aliphatic carbocycles. The average molecular weight is 236 g/mol. The molecule has 0 aromatic heterocycles. The minimum absolute atomic E-state index is 0.143. The highest BCUT2D eigenvalue weighted by atomic mass is 16.5. The van der Waals surface area contributed by atoms with Gasteiger partial charge in [0.15, 0.2) is 0 Å². The highest BCUT2D eigenvalue weighted by Gasteiger charge is 2.13. The number of nitrogens with one attached hydrogen (secondary N) is 1. The number of methoxy groups -OCH3 is 1. The number of hydrogen-bond acceptors (Lipinski definition) is 4. The molecule has 5 nitrogen and oxygen atoms in total. The van der Waals surface area contributed by atoms with Crippen molar-refractivity contribution in [2.75, 3.05) is 12.8 Å². The zero-order valence-electron chi connectivity index (χ0n) is 9.90. The monoisotopic (exact) mass is 236 g/mol. The average Bonchev–Trinajstić information content (AvgIpc) is 2.28. The number of benzene rings is 1. The Balaban J connectivity index is 2.57. The van der Waals surface area contributed by atoms with Gasteiger partial charge in [-0.05, 0) is 25.1 Å². The number of nitrogen functional groups attached to an aromatic ring is 1. The molecule has 0 bridgehead atoms. The van der Waals surface area contributed by atoms with Crippen molar-refractivity contribution < 1.29 is 14.3 Å². The van der Waals surface area contributed by atoms with Gasteiger partial charge < -0.3 is 15.8 Å². The Morgan fingerprint density at radius 1 is 1.47 bits per heavy atom. The van der Waals surface area contributed by atoms with Gasteiger partial charge in [-0.2, -0.15) is 0 Å². The van der Waals surface area contributed by atoms with Gasteiger partial charge in [0.1, 0.15) is 0 Å². The first-order valence-electron chi connectivity index (χ1n) is 5.26. The predicted molar refractivity (Wildman–Crippen MR) is 64.4 cm³/mol. The molecular weight excluding hydrogens is 220 g/mol. The summed E-state index contributed by atoms with van der Waals surface area (Å²) in [6, 6.07) is 6.37. The summed E-state index contributed by atoms with van der Waals surface area (Å²) in [5.74, 6) is -0.612. The van der Waals surface area contributed by atoms with Crippen LogP contribution in [0, 0.1) is 0 Å². The number of anilines is 1. The van der Waals surface area contributed by atoms with Gasteiger partial charge in [-0.15, -0.1) is 0 Å². The van der Waals surface area contributed by atoms with E-state index < -0.39 is 0 Å². The molecule has 1 amide bonds. The molecule has 0 spiro atoms. The van der Waals surface area contributed by atoms with Gasteiger partial charge in [-0.25, -0.2) is 0 Å². The van der Waals surface area contributed by atoms with Crippen LogP contribution in [0.15, 0.2) is 24.3 Å². The molecule has 0 saturated heterocycles. The van der Waals surface area contributed by atoms with Crippen molar-refractivity contribution in [1.82, 2.24) is 5.32 Å². The summed E-state index contributed by atoms with van der Waals surface area (Å²) < 4.78 is 4.52. The van der Waals surface area contributed by atoms with Crippen molar-refractivity contribution in [3.05, 3.63) is 29.8 Å². The smallest absolute Gasteiger partial charge is 0.307 e. The van der Waals surface area contributed by atoms with Crippen LogP contribution in [0.1, 0.15) is 23.7 Å². The van der Waals surface area contributed by atoms with Crippen LogP contribution < -0.4 is 11.1 Å². The lowest BCUT2D eigenvalue weighted by Crippen LogP contribution is -2.34. The quantitative estimate of drug-likeness (QED) is 0.602.